The fourth-order valence-corrected chi connectivity index (χ4v) is 2.97. The minimum absolute atomic E-state index is 0.558. The van der Waals surface area contributed by atoms with E-state index < -0.39 is 0 Å². The highest BCUT2D eigenvalue weighted by atomic mass is 35.5. The molecule has 2 fully saturated rings. The molecule has 1 aromatic rings. The summed E-state index contributed by atoms with van der Waals surface area (Å²) in [5, 5.41) is 0.588. The molecular formula is C14H20ClN3. The summed E-state index contributed by atoms with van der Waals surface area (Å²) in [7, 11) is 2.14. The molecule has 1 heterocycles. The Labute approximate surface area is 114 Å². The van der Waals surface area contributed by atoms with Crippen molar-refractivity contribution in [3.05, 3.63) is 17.0 Å². The molecular weight excluding hydrogens is 246 g/mol. The summed E-state index contributed by atoms with van der Waals surface area (Å²) in [6, 6.07) is 2.53. The lowest BCUT2D eigenvalue weighted by atomic mass is 9.94. The molecule has 1 aromatic heterocycles. The Kier molecular flexibility index (Phi) is 3.42. The summed E-state index contributed by atoms with van der Waals surface area (Å²) < 4.78 is 0. The summed E-state index contributed by atoms with van der Waals surface area (Å²) in [6.07, 6.45) is 9.03. The molecule has 2 saturated carbocycles. The number of hydrogen-bond acceptors (Lipinski definition) is 3. The van der Waals surface area contributed by atoms with E-state index in [1.54, 1.807) is 0 Å². The normalized spacial score (nSPS) is 21.0. The average molecular weight is 266 g/mol. The quantitative estimate of drug-likeness (QED) is 0.779. The highest BCUT2D eigenvalue weighted by Crippen LogP contribution is 2.39. The summed E-state index contributed by atoms with van der Waals surface area (Å²) >= 11 is 6.13. The first kappa shape index (κ1) is 12.2. The van der Waals surface area contributed by atoms with E-state index in [4.69, 9.17) is 16.6 Å². The summed E-state index contributed by atoms with van der Waals surface area (Å²) in [4.78, 5) is 11.4. The molecule has 4 heteroatoms. The van der Waals surface area contributed by atoms with Crippen LogP contribution in [0.1, 0.15) is 56.7 Å². The van der Waals surface area contributed by atoms with E-state index in [-0.39, 0.29) is 0 Å². The van der Waals surface area contributed by atoms with Crippen LogP contribution in [0.3, 0.4) is 0 Å². The van der Waals surface area contributed by atoms with E-state index in [9.17, 15) is 0 Å². The van der Waals surface area contributed by atoms with Crippen LogP contribution in [-0.2, 0) is 0 Å². The van der Waals surface area contributed by atoms with E-state index in [2.05, 4.69) is 16.9 Å². The van der Waals surface area contributed by atoms with Crippen molar-refractivity contribution in [2.24, 2.45) is 0 Å². The van der Waals surface area contributed by atoms with Gasteiger partial charge in [0.05, 0.1) is 0 Å². The van der Waals surface area contributed by atoms with Gasteiger partial charge in [0.15, 0.2) is 0 Å². The highest BCUT2D eigenvalue weighted by molar-refractivity contribution is 6.29. The molecule has 0 atom stereocenters. The molecule has 18 heavy (non-hydrogen) atoms. The third-order valence-corrected chi connectivity index (χ3v) is 4.32. The highest BCUT2D eigenvalue weighted by Gasteiger charge is 2.28. The van der Waals surface area contributed by atoms with Crippen molar-refractivity contribution < 1.29 is 0 Å². The van der Waals surface area contributed by atoms with Crippen molar-refractivity contribution in [3.8, 4) is 0 Å². The van der Waals surface area contributed by atoms with Crippen LogP contribution >= 0.6 is 11.6 Å². The molecule has 0 aliphatic heterocycles. The minimum Gasteiger partial charge on any atom is -0.357 e. The Morgan fingerprint density at radius 3 is 2.50 bits per heavy atom. The van der Waals surface area contributed by atoms with E-state index in [0.717, 1.165) is 11.6 Å². The van der Waals surface area contributed by atoms with E-state index >= 15 is 0 Å². The van der Waals surface area contributed by atoms with Gasteiger partial charge in [-0.05, 0) is 25.7 Å². The maximum atomic E-state index is 6.13. The van der Waals surface area contributed by atoms with Gasteiger partial charge in [-0.2, -0.15) is 0 Å². The molecule has 0 N–H and O–H groups in total. The van der Waals surface area contributed by atoms with Crippen LogP contribution in [0.25, 0.3) is 0 Å². The number of rotatable bonds is 3. The van der Waals surface area contributed by atoms with Crippen LogP contribution in [-0.4, -0.2) is 23.1 Å². The molecule has 3 rings (SSSR count). The van der Waals surface area contributed by atoms with Gasteiger partial charge in [0.1, 0.15) is 16.8 Å². The Bertz CT molecular complexity index is 425. The van der Waals surface area contributed by atoms with Gasteiger partial charge in [-0.1, -0.05) is 30.9 Å². The predicted octanol–water partition coefficient (Wildman–Crippen LogP) is 3.78. The van der Waals surface area contributed by atoms with Gasteiger partial charge in [0.25, 0.3) is 0 Å². The van der Waals surface area contributed by atoms with E-state index in [0.29, 0.717) is 17.1 Å². The molecule has 0 spiro atoms. The van der Waals surface area contributed by atoms with Crippen LogP contribution in [0.4, 0.5) is 5.82 Å². The standard InChI is InChI=1S/C14H20ClN3/c1-18(11-5-3-2-4-6-11)13-9-12(15)16-14(17-13)10-7-8-10/h9-11H,2-8H2,1H3. The van der Waals surface area contributed by atoms with Gasteiger partial charge >= 0.3 is 0 Å². The zero-order chi connectivity index (χ0) is 12.5. The molecule has 3 nitrogen and oxygen atoms in total. The van der Waals surface area contributed by atoms with Gasteiger partial charge < -0.3 is 4.90 Å². The lowest BCUT2D eigenvalue weighted by molar-refractivity contribution is 0.425. The molecule has 0 aromatic carbocycles. The van der Waals surface area contributed by atoms with Gasteiger partial charge in [-0.15, -0.1) is 0 Å². The second kappa shape index (κ2) is 5.04. The van der Waals surface area contributed by atoms with E-state index in [1.807, 2.05) is 6.07 Å². The van der Waals surface area contributed by atoms with Crippen molar-refractivity contribution in [2.45, 2.75) is 56.9 Å². The number of anilines is 1. The number of hydrogen-bond donors (Lipinski definition) is 0. The first-order valence-electron chi connectivity index (χ1n) is 7.01. The molecule has 98 valence electrons. The summed E-state index contributed by atoms with van der Waals surface area (Å²) in [5.41, 5.74) is 0. The van der Waals surface area contributed by atoms with Gasteiger partial charge in [0, 0.05) is 25.1 Å². The lowest BCUT2D eigenvalue weighted by Crippen LogP contribution is -2.34. The summed E-state index contributed by atoms with van der Waals surface area (Å²) in [5.74, 6) is 2.51. The number of halogens is 1. The first-order chi connectivity index (χ1) is 8.74. The Morgan fingerprint density at radius 2 is 1.83 bits per heavy atom. The van der Waals surface area contributed by atoms with Crippen molar-refractivity contribution in [2.75, 3.05) is 11.9 Å². The fraction of sp³-hybridized carbons (Fsp3) is 0.714. The minimum atomic E-state index is 0.558. The third kappa shape index (κ3) is 2.61. The first-order valence-corrected chi connectivity index (χ1v) is 7.39. The molecule has 2 aliphatic carbocycles. The largest absolute Gasteiger partial charge is 0.357 e. The molecule has 0 unspecified atom stereocenters. The van der Waals surface area contributed by atoms with Crippen LogP contribution in [0.2, 0.25) is 5.15 Å². The molecule has 0 radical (unpaired) electrons. The van der Waals surface area contributed by atoms with Crippen molar-refractivity contribution in [1.29, 1.82) is 0 Å². The molecule has 0 saturated heterocycles. The SMILES string of the molecule is CN(c1cc(Cl)nc(C2CC2)n1)C1CCCCC1. The molecule has 2 aliphatic rings. The monoisotopic (exact) mass is 265 g/mol. The maximum absolute atomic E-state index is 6.13. The Morgan fingerprint density at radius 1 is 1.11 bits per heavy atom. The van der Waals surface area contributed by atoms with Gasteiger partial charge in [-0.25, -0.2) is 9.97 Å². The van der Waals surface area contributed by atoms with Crippen LogP contribution < -0.4 is 4.90 Å². The fourth-order valence-electron chi connectivity index (χ4n) is 2.78. The second-order valence-corrected chi connectivity index (χ2v) is 5.97. The zero-order valence-electron chi connectivity index (χ0n) is 10.9. The number of nitrogens with zero attached hydrogens (tertiary/aromatic N) is 3. The average Bonchev–Trinajstić information content (AvgIpc) is 3.22. The smallest absolute Gasteiger partial charge is 0.135 e. The zero-order valence-corrected chi connectivity index (χ0v) is 11.7. The van der Waals surface area contributed by atoms with E-state index in [1.165, 1.54) is 44.9 Å². The van der Waals surface area contributed by atoms with Crippen molar-refractivity contribution >= 4 is 17.4 Å². The topological polar surface area (TPSA) is 29.0 Å². The maximum Gasteiger partial charge on any atom is 0.135 e. The molecule has 0 amide bonds. The molecule has 0 bridgehead atoms. The van der Waals surface area contributed by atoms with Gasteiger partial charge in [0.2, 0.25) is 0 Å². The van der Waals surface area contributed by atoms with Crippen LogP contribution in [0.15, 0.2) is 6.07 Å². The summed E-state index contributed by atoms with van der Waals surface area (Å²) in [6.45, 7) is 0. The third-order valence-electron chi connectivity index (χ3n) is 4.12. The number of aromatic nitrogens is 2. The van der Waals surface area contributed by atoms with Gasteiger partial charge in [-0.3, -0.25) is 0 Å². The Hall–Kier alpha value is -0.830. The second-order valence-electron chi connectivity index (χ2n) is 5.58. The predicted molar refractivity (Wildman–Crippen MR) is 74.3 cm³/mol. The van der Waals surface area contributed by atoms with Crippen molar-refractivity contribution in [3.63, 3.8) is 0 Å². The van der Waals surface area contributed by atoms with Crippen LogP contribution in [0, 0.1) is 0 Å². The van der Waals surface area contributed by atoms with Crippen molar-refractivity contribution in [1.82, 2.24) is 9.97 Å². The lowest BCUT2D eigenvalue weighted by Gasteiger charge is -2.32. The van der Waals surface area contributed by atoms with Crippen LogP contribution in [0.5, 0.6) is 0 Å². The Balaban J connectivity index is 1.81.